The van der Waals surface area contributed by atoms with Crippen LogP contribution >= 0.6 is 0 Å². The summed E-state index contributed by atoms with van der Waals surface area (Å²) in [5.41, 5.74) is 2.10. The van der Waals surface area contributed by atoms with Crippen LogP contribution in [-0.2, 0) is 0 Å². The van der Waals surface area contributed by atoms with E-state index in [1.807, 2.05) is 6.07 Å². The molecule has 0 saturated carbocycles. The highest BCUT2D eigenvalue weighted by Crippen LogP contribution is 2.33. The van der Waals surface area contributed by atoms with Crippen LogP contribution in [0.5, 0.6) is 0 Å². The Labute approximate surface area is 160 Å². The Balaban J connectivity index is 1.72. The number of hydrogen-bond acceptors (Lipinski definition) is 3. The van der Waals surface area contributed by atoms with Crippen LogP contribution in [0.3, 0.4) is 0 Å². The molecule has 1 aromatic heterocycles. The highest BCUT2D eigenvalue weighted by atomic mass is 19.1. The number of rotatable bonds is 4. The zero-order chi connectivity index (χ0) is 19.7. The van der Waals surface area contributed by atoms with Gasteiger partial charge in [-0.25, -0.2) is 9.18 Å². The van der Waals surface area contributed by atoms with E-state index in [2.05, 4.69) is 10.6 Å². The van der Waals surface area contributed by atoms with Gasteiger partial charge in [-0.05, 0) is 43.3 Å². The highest BCUT2D eigenvalue weighted by molar-refractivity contribution is 6.11. The maximum Gasteiger partial charge on any atom is 0.319 e. The van der Waals surface area contributed by atoms with Gasteiger partial charge in [-0.2, -0.15) is 0 Å². The first-order chi connectivity index (χ1) is 13.5. The van der Waals surface area contributed by atoms with E-state index in [9.17, 15) is 14.0 Å². The number of furan rings is 1. The number of carbonyl (C=O) groups is 2. The molecule has 2 N–H and O–H groups in total. The van der Waals surface area contributed by atoms with Gasteiger partial charge in [0, 0.05) is 22.4 Å². The van der Waals surface area contributed by atoms with Crippen molar-refractivity contribution in [2.75, 3.05) is 0 Å². The Kier molecular flexibility index (Phi) is 4.53. The zero-order valence-corrected chi connectivity index (χ0v) is 15.0. The standard InChI is InChI=1S/C22H17FN2O3/c1-13-19(21(26)15-5-3-2-4-6-15)20(25-22(27)24-13)18-12-11-17(28-18)14-7-9-16(23)10-8-14/h2-12,20H,1H3,(H2,24,25,27)/t20-/m1/s1. The second-order valence-corrected chi connectivity index (χ2v) is 6.47. The normalized spacial score (nSPS) is 16.5. The van der Waals surface area contributed by atoms with Crippen LogP contribution in [-0.4, -0.2) is 11.8 Å². The first-order valence-electron chi connectivity index (χ1n) is 8.76. The summed E-state index contributed by atoms with van der Waals surface area (Å²) in [6.45, 7) is 1.69. The van der Waals surface area contributed by atoms with Crippen LogP contribution in [0.4, 0.5) is 9.18 Å². The van der Waals surface area contributed by atoms with Gasteiger partial charge < -0.3 is 15.1 Å². The molecule has 1 aliphatic rings. The number of urea groups is 1. The fourth-order valence-corrected chi connectivity index (χ4v) is 3.23. The van der Waals surface area contributed by atoms with Crippen molar-refractivity contribution in [3.05, 3.63) is 95.1 Å². The highest BCUT2D eigenvalue weighted by Gasteiger charge is 2.33. The van der Waals surface area contributed by atoms with Crippen molar-refractivity contribution in [3.8, 4) is 11.3 Å². The Morgan fingerprint density at radius 1 is 1.00 bits per heavy atom. The van der Waals surface area contributed by atoms with Gasteiger partial charge in [0.2, 0.25) is 0 Å². The van der Waals surface area contributed by atoms with Gasteiger partial charge in [-0.3, -0.25) is 4.79 Å². The smallest absolute Gasteiger partial charge is 0.319 e. The number of amides is 2. The number of allylic oxidation sites excluding steroid dienone is 1. The lowest BCUT2D eigenvalue weighted by Gasteiger charge is -2.27. The third kappa shape index (κ3) is 3.32. The van der Waals surface area contributed by atoms with E-state index in [0.717, 1.165) is 0 Å². The molecule has 28 heavy (non-hydrogen) atoms. The lowest BCUT2D eigenvalue weighted by atomic mass is 9.93. The molecule has 0 spiro atoms. The lowest BCUT2D eigenvalue weighted by Crippen LogP contribution is -2.45. The summed E-state index contributed by atoms with van der Waals surface area (Å²) < 4.78 is 19.1. The summed E-state index contributed by atoms with van der Waals surface area (Å²) in [6, 6.07) is 17.1. The van der Waals surface area contributed by atoms with Gasteiger partial charge in [0.15, 0.2) is 5.78 Å². The van der Waals surface area contributed by atoms with E-state index in [4.69, 9.17) is 4.42 Å². The molecule has 1 aliphatic heterocycles. The predicted molar refractivity (Wildman–Crippen MR) is 102 cm³/mol. The number of carbonyl (C=O) groups excluding carboxylic acids is 2. The molecule has 5 nitrogen and oxygen atoms in total. The van der Waals surface area contributed by atoms with E-state index >= 15 is 0 Å². The molecule has 3 aromatic rings. The van der Waals surface area contributed by atoms with Crippen LogP contribution in [0.15, 0.2) is 82.4 Å². The second-order valence-electron chi connectivity index (χ2n) is 6.47. The fourth-order valence-electron chi connectivity index (χ4n) is 3.23. The number of nitrogens with one attached hydrogen (secondary N) is 2. The molecule has 0 fully saturated rings. The second kappa shape index (κ2) is 7.15. The number of Topliss-reactive ketones (excluding diaryl/α,β-unsaturated/α-hetero) is 1. The predicted octanol–water partition coefficient (Wildman–Crippen LogP) is 4.60. The monoisotopic (exact) mass is 376 g/mol. The Hall–Kier alpha value is -3.67. The Morgan fingerprint density at radius 3 is 2.43 bits per heavy atom. The average Bonchev–Trinajstić information content (AvgIpc) is 3.18. The molecule has 2 aromatic carbocycles. The Bertz CT molecular complexity index is 1070. The van der Waals surface area contributed by atoms with Gasteiger partial charge in [0.1, 0.15) is 23.4 Å². The lowest BCUT2D eigenvalue weighted by molar-refractivity contribution is 0.102. The minimum absolute atomic E-state index is 0.199. The summed E-state index contributed by atoms with van der Waals surface area (Å²) >= 11 is 0. The van der Waals surface area contributed by atoms with Crippen molar-refractivity contribution < 1.29 is 18.4 Å². The molecule has 1 atom stereocenters. The fraction of sp³-hybridized carbons (Fsp3) is 0.0909. The van der Waals surface area contributed by atoms with Crippen molar-refractivity contribution in [2.24, 2.45) is 0 Å². The van der Waals surface area contributed by atoms with Crippen molar-refractivity contribution in [2.45, 2.75) is 13.0 Å². The molecule has 0 unspecified atom stereocenters. The Morgan fingerprint density at radius 2 is 1.71 bits per heavy atom. The third-order valence-corrected chi connectivity index (χ3v) is 4.59. The first kappa shape index (κ1) is 17.7. The SMILES string of the molecule is CC1=C(C(=O)c2ccccc2)[C@@H](c2ccc(-c3ccc(F)cc3)o2)NC(=O)N1. The van der Waals surface area contributed by atoms with Gasteiger partial charge >= 0.3 is 6.03 Å². The number of halogens is 1. The van der Waals surface area contributed by atoms with E-state index in [1.54, 1.807) is 55.5 Å². The van der Waals surface area contributed by atoms with Crippen molar-refractivity contribution in [1.82, 2.24) is 10.6 Å². The van der Waals surface area contributed by atoms with Crippen molar-refractivity contribution in [3.63, 3.8) is 0 Å². The molecule has 2 heterocycles. The van der Waals surface area contributed by atoms with Crippen LogP contribution in [0, 0.1) is 5.82 Å². The minimum atomic E-state index is -0.726. The molecule has 4 rings (SSSR count). The van der Waals surface area contributed by atoms with E-state index in [-0.39, 0.29) is 11.6 Å². The van der Waals surface area contributed by atoms with E-state index in [1.165, 1.54) is 12.1 Å². The van der Waals surface area contributed by atoms with Crippen molar-refractivity contribution in [1.29, 1.82) is 0 Å². The van der Waals surface area contributed by atoms with Crippen LogP contribution in [0.2, 0.25) is 0 Å². The third-order valence-electron chi connectivity index (χ3n) is 4.59. The van der Waals surface area contributed by atoms with Crippen LogP contribution < -0.4 is 10.6 Å². The molecule has 0 radical (unpaired) electrons. The summed E-state index contributed by atoms with van der Waals surface area (Å²) in [5, 5.41) is 5.41. The van der Waals surface area contributed by atoms with E-state index in [0.29, 0.717) is 33.9 Å². The molecular weight excluding hydrogens is 359 g/mol. The molecule has 0 aliphatic carbocycles. The summed E-state index contributed by atoms with van der Waals surface area (Å²) in [5.74, 6) is 0.408. The quantitative estimate of drug-likeness (QED) is 0.654. The minimum Gasteiger partial charge on any atom is -0.459 e. The molecular formula is C22H17FN2O3. The van der Waals surface area contributed by atoms with Crippen molar-refractivity contribution >= 4 is 11.8 Å². The summed E-state index contributed by atoms with van der Waals surface area (Å²) in [4.78, 5) is 25.1. The molecule has 0 bridgehead atoms. The molecule has 2 amide bonds. The topological polar surface area (TPSA) is 71.3 Å². The molecule has 140 valence electrons. The average molecular weight is 376 g/mol. The largest absolute Gasteiger partial charge is 0.459 e. The van der Waals surface area contributed by atoms with Crippen LogP contribution in [0.25, 0.3) is 11.3 Å². The summed E-state index contributed by atoms with van der Waals surface area (Å²) in [6.07, 6.45) is 0. The van der Waals surface area contributed by atoms with E-state index < -0.39 is 12.1 Å². The van der Waals surface area contributed by atoms with Gasteiger partial charge in [-0.1, -0.05) is 30.3 Å². The van der Waals surface area contributed by atoms with Gasteiger partial charge in [-0.15, -0.1) is 0 Å². The summed E-state index contributed by atoms with van der Waals surface area (Å²) in [7, 11) is 0. The maximum absolute atomic E-state index is 13.2. The zero-order valence-electron chi connectivity index (χ0n) is 15.0. The molecule has 0 saturated heterocycles. The molecule has 6 heteroatoms. The van der Waals surface area contributed by atoms with Gasteiger partial charge in [0.25, 0.3) is 0 Å². The van der Waals surface area contributed by atoms with Gasteiger partial charge in [0.05, 0.1) is 0 Å². The van der Waals surface area contributed by atoms with Crippen LogP contribution in [0.1, 0.15) is 29.1 Å². The number of benzene rings is 2. The number of ketones is 1. The first-order valence-corrected chi connectivity index (χ1v) is 8.76. The maximum atomic E-state index is 13.2. The number of hydrogen-bond donors (Lipinski definition) is 2.